The van der Waals surface area contributed by atoms with Crippen molar-refractivity contribution in [2.45, 2.75) is 44.8 Å². The Morgan fingerprint density at radius 2 is 1.77 bits per heavy atom. The number of nitrogens with one attached hydrogen (secondary N) is 2. The van der Waals surface area contributed by atoms with Crippen molar-refractivity contribution in [3.63, 3.8) is 0 Å². The van der Waals surface area contributed by atoms with E-state index in [4.69, 9.17) is 11.6 Å². The second kappa shape index (κ2) is 12.2. The van der Waals surface area contributed by atoms with Crippen molar-refractivity contribution in [1.82, 2.24) is 20.1 Å². The molecule has 2 amide bonds. The number of nitrogens with zero attached hydrogens (tertiary/aromatic N) is 3. The lowest BCUT2D eigenvalue weighted by Crippen LogP contribution is -2.33. The van der Waals surface area contributed by atoms with Crippen LogP contribution in [0.15, 0.2) is 47.6 Å². The highest BCUT2D eigenvalue weighted by Crippen LogP contribution is 2.28. The van der Waals surface area contributed by atoms with Crippen molar-refractivity contribution in [3.8, 4) is 0 Å². The van der Waals surface area contributed by atoms with Gasteiger partial charge < -0.3 is 15.2 Å². The van der Waals surface area contributed by atoms with E-state index in [2.05, 4.69) is 63.3 Å². The monoisotopic (exact) mass is 625 g/mol. The number of hydrogen-bond acceptors (Lipinski definition) is 5. The summed E-state index contributed by atoms with van der Waals surface area (Å²) in [5.41, 5.74) is 2.45. The summed E-state index contributed by atoms with van der Waals surface area (Å²) < 4.78 is 2.96. The molecule has 10 heteroatoms. The topological polar surface area (TPSA) is 88.9 Å². The van der Waals surface area contributed by atoms with Gasteiger partial charge >= 0.3 is 0 Å². The molecule has 35 heavy (non-hydrogen) atoms. The minimum atomic E-state index is -0.348. The summed E-state index contributed by atoms with van der Waals surface area (Å²) in [6.07, 6.45) is 0. The van der Waals surface area contributed by atoms with E-state index in [0.717, 1.165) is 14.8 Å². The lowest BCUT2D eigenvalue weighted by molar-refractivity contribution is -0.113. The van der Waals surface area contributed by atoms with Gasteiger partial charge in [0.1, 0.15) is 0 Å². The molecule has 1 aromatic heterocycles. The van der Waals surface area contributed by atoms with E-state index in [1.54, 1.807) is 24.3 Å². The Morgan fingerprint density at radius 3 is 2.40 bits per heavy atom. The molecule has 0 spiro atoms. The Morgan fingerprint density at radius 1 is 1.09 bits per heavy atom. The van der Waals surface area contributed by atoms with Crippen LogP contribution in [0, 0.1) is 9.49 Å². The van der Waals surface area contributed by atoms with Crippen molar-refractivity contribution in [3.05, 3.63) is 68.0 Å². The number of benzene rings is 2. The second-order valence-electron chi connectivity index (χ2n) is 8.82. The van der Waals surface area contributed by atoms with E-state index in [-0.39, 0.29) is 29.5 Å². The average molecular weight is 626 g/mol. The molecule has 2 N–H and O–H groups in total. The number of halogens is 2. The van der Waals surface area contributed by atoms with Gasteiger partial charge in [0.05, 0.1) is 11.8 Å². The molecule has 3 rings (SSSR count). The molecule has 7 nitrogen and oxygen atoms in total. The van der Waals surface area contributed by atoms with Crippen LogP contribution in [-0.2, 0) is 11.8 Å². The van der Waals surface area contributed by atoms with Crippen LogP contribution in [-0.4, -0.2) is 32.3 Å². The van der Waals surface area contributed by atoms with Crippen molar-refractivity contribution >= 4 is 63.5 Å². The summed E-state index contributed by atoms with van der Waals surface area (Å²) in [5, 5.41) is 15.8. The minimum Gasteiger partial charge on any atom is -0.342 e. The first-order valence-electron chi connectivity index (χ1n) is 11.2. The number of carbonyl (C=O) groups is 2. The fourth-order valence-corrected chi connectivity index (χ4v) is 4.88. The van der Waals surface area contributed by atoms with E-state index >= 15 is 0 Å². The zero-order valence-electron chi connectivity index (χ0n) is 20.3. The van der Waals surface area contributed by atoms with Gasteiger partial charge in [-0.15, -0.1) is 10.2 Å². The zero-order chi connectivity index (χ0) is 25.7. The summed E-state index contributed by atoms with van der Waals surface area (Å²) in [5.74, 6) is 0.869. The zero-order valence-corrected chi connectivity index (χ0v) is 24.0. The van der Waals surface area contributed by atoms with E-state index in [0.29, 0.717) is 27.5 Å². The summed E-state index contributed by atoms with van der Waals surface area (Å²) in [4.78, 5) is 25.5. The predicted molar refractivity (Wildman–Crippen MR) is 150 cm³/mol. The standard InChI is InChI=1S/C25H29ClIN5O2S/c1-14(2)19-12-18(27)10-11-20(19)28-21(33)13-35-25-31-30-23(32(25)5)22(15(3)4)29-24(34)16-6-8-17(26)9-7-16/h6-12,14-15,22H,13H2,1-5H3,(H,28,33)(H,29,34)/t22-/m1/s1. The maximum Gasteiger partial charge on any atom is 0.251 e. The van der Waals surface area contributed by atoms with Crippen LogP contribution in [0.5, 0.6) is 0 Å². The molecule has 0 saturated carbocycles. The summed E-state index contributed by atoms with van der Waals surface area (Å²) in [7, 11) is 1.84. The molecule has 0 fully saturated rings. The van der Waals surface area contributed by atoms with Crippen LogP contribution in [0.25, 0.3) is 0 Å². The van der Waals surface area contributed by atoms with Crippen LogP contribution < -0.4 is 10.6 Å². The number of thioether (sulfide) groups is 1. The third-order valence-corrected chi connectivity index (χ3v) is 7.39. The average Bonchev–Trinajstić information content (AvgIpc) is 3.17. The normalized spacial score (nSPS) is 12.1. The quantitative estimate of drug-likeness (QED) is 0.223. The third-order valence-electron chi connectivity index (χ3n) is 5.45. The molecule has 0 aliphatic heterocycles. The van der Waals surface area contributed by atoms with E-state index < -0.39 is 0 Å². The molecule has 0 aliphatic carbocycles. The molecule has 0 radical (unpaired) electrons. The number of amides is 2. The lowest BCUT2D eigenvalue weighted by atomic mass is 10.0. The van der Waals surface area contributed by atoms with Gasteiger partial charge in [0, 0.05) is 26.9 Å². The molecule has 1 heterocycles. The number of aromatic nitrogens is 3. The third kappa shape index (κ3) is 7.20. The van der Waals surface area contributed by atoms with Crippen LogP contribution in [0.2, 0.25) is 5.02 Å². The predicted octanol–water partition coefficient (Wildman–Crippen LogP) is 6.05. The summed E-state index contributed by atoms with van der Waals surface area (Å²) in [6.45, 7) is 8.23. The first-order valence-corrected chi connectivity index (χ1v) is 13.7. The SMILES string of the molecule is CC(C)c1cc(I)ccc1NC(=O)CSc1nnc([C@H](NC(=O)c2ccc(Cl)cc2)C(C)C)n1C. The summed E-state index contributed by atoms with van der Waals surface area (Å²) >= 11 is 9.51. The molecule has 0 bridgehead atoms. The molecule has 0 aliphatic rings. The first-order chi connectivity index (χ1) is 16.6. The molecular weight excluding hydrogens is 597 g/mol. The fraction of sp³-hybridized carbons (Fsp3) is 0.360. The molecule has 0 saturated heterocycles. The molecule has 1 atom stereocenters. The highest BCUT2D eigenvalue weighted by Gasteiger charge is 2.25. The van der Waals surface area contributed by atoms with E-state index in [9.17, 15) is 9.59 Å². The van der Waals surface area contributed by atoms with E-state index in [1.165, 1.54) is 11.8 Å². The van der Waals surface area contributed by atoms with Crippen LogP contribution >= 0.6 is 46.0 Å². The van der Waals surface area contributed by atoms with Crippen molar-refractivity contribution in [1.29, 1.82) is 0 Å². The molecule has 0 unspecified atom stereocenters. The highest BCUT2D eigenvalue weighted by molar-refractivity contribution is 14.1. The van der Waals surface area contributed by atoms with Crippen LogP contribution in [0.1, 0.15) is 61.4 Å². The number of anilines is 1. The van der Waals surface area contributed by atoms with E-state index in [1.807, 2.05) is 37.6 Å². The lowest BCUT2D eigenvalue weighted by Gasteiger charge is -2.21. The maximum atomic E-state index is 12.8. The summed E-state index contributed by atoms with van der Waals surface area (Å²) in [6, 6.07) is 12.4. The van der Waals surface area contributed by atoms with Crippen LogP contribution in [0.3, 0.4) is 0 Å². The van der Waals surface area contributed by atoms with Gasteiger partial charge in [-0.25, -0.2) is 0 Å². The van der Waals surface area contributed by atoms with Gasteiger partial charge in [-0.3, -0.25) is 9.59 Å². The molecule has 2 aromatic carbocycles. The molecular formula is C25H29ClIN5O2S. The van der Waals surface area contributed by atoms with Gasteiger partial charge in [0.15, 0.2) is 11.0 Å². The number of rotatable bonds is 9. The maximum absolute atomic E-state index is 12.8. The van der Waals surface area contributed by atoms with Gasteiger partial charge in [-0.2, -0.15) is 0 Å². The largest absolute Gasteiger partial charge is 0.342 e. The van der Waals surface area contributed by atoms with Crippen molar-refractivity contribution in [2.75, 3.05) is 11.1 Å². The fourth-order valence-electron chi connectivity index (χ4n) is 3.52. The van der Waals surface area contributed by atoms with Crippen molar-refractivity contribution in [2.24, 2.45) is 13.0 Å². The Balaban J connectivity index is 1.68. The minimum absolute atomic E-state index is 0.0747. The smallest absolute Gasteiger partial charge is 0.251 e. The Labute approximate surface area is 228 Å². The Hall–Kier alpha value is -2.11. The van der Waals surface area contributed by atoms with Gasteiger partial charge in [-0.1, -0.05) is 51.1 Å². The van der Waals surface area contributed by atoms with Crippen LogP contribution in [0.4, 0.5) is 5.69 Å². The first kappa shape index (κ1) is 27.5. The number of carbonyl (C=O) groups excluding carboxylic acids is 2. The van der Waals surface area contributed by atoms with Crippen molar-refractivity contribution < 1.29 is 9.59 Å². The molecule has 186 valence electrons. The Kier molecular flexibility index (Phi) is 9.60. The highest BCUT2D eigenvalue weighted by atomic mass is 127. The van der Waals surface area contributed by atoms with Gasteiger partial charge in [0.25, 0.3) is 5.91 Å². The van der Waals surface area contributed by atoms with Gasteiger partial charge in [0.2, 0.25) is 5.91 Å². The number of hydrogen-bond donors (Lipinski definition) is 2. The van der Waals surface area contributed by atoms with Gasteiger partial charge in [-0.05, 0) is 82.5 Å². The molecule has 3 aromatic rings. The Bertz CT molecular complexity index is 1200. The second-order valence-corrected chi connectivity index (χ2v) is 11.4.